The van der Waals surface area contributed by atoms with Gasteiger partial charge in [-0.05, 0) is 24.7 Å². The summed E-state index contributed by atoms with van der Waals surface area (Å²) in [7, 11) is 0. The van der Waals surface area contributed by atoms with Gasteiger partial charge in [-0.25, -0.2) is 9.97 Å². The van der Waals surface area contributed by atoms with Crippen molar-refractivity contribution in [3.05, 3.63) is 41.5 Å². The molecule has 0 spiro atoms. The first-order valence-electron chi connectivity index (χ1n) is 10.8. The lowest BCUT2D eigenvalue weighted by Crippen LogP contribution is -2.37. The maximum Gasteiger partial charge on any atom is 0.146 e. The van der Waals surface area contributed by atoms with Crippen molar-refractivity contribution in [3.8, 4) is 11.1 Å². The Labute approximate surface area is 186 Å². The largest absolute Gasteiger partial charge is 0.379 e. The van der Waals surface area contributed by atoms with Crippen molar-refractivity contribution in [1.29, 1.82) is 0 Å². The minimum Gasteiger partial charge on any atom is -0.379 e. The van der Waals surface area contributed by atoms with Gasteiger partial charge in [-0.1, -0.05) is 30.3 Å². The zero-order valence-corrected chi connectivity index (χ0v) is 19.1. The number of thioether (sulfide) groups is 1. The molecule has 0 aliphatic carbocycles. The molecule has 2 saturated heterocycles. The van der Waals surface area contributed by atoms with Crippen LogP contribution in [-0.2, 0) is 11.3 Å². The standard InChI is InChI=1S/C23H28N4OS2/c1-17-7-13-29-14-10-27(17)22-21-19(18-5-3-2-4-6-18)16-30-23(21)25-20(24-22)15-26-8-11-28-12-9-26/h2-6,16-17H,7-15H2,1H3. The molecule has 7 heteroatoms. The number of nitrogens with zero attached hydrogens (tertiary/aromatic N) is 4. The van der Waals surface area contributed by atoms with Crippen LogP contribution in [0.2, 0.25) is 0 Å². The van der Waals surface area contributed by atoms with Gasteiger partial charge in [-0.3, -0.25) is 4.90 Å². The van der Waals surface area contributed by atoms with E-state index in [1.807, 2.05) is 0 Å². The summed E-state index contributed by atoms with van der Waals surface area (Å²) in [6, 6.07) is 11.2. The van der Waals surface area contributed by atoms with E-state index in [-0.39, 0.29) is 0 Å². The molecular formula is C23H28N4OS2. The Morgan fingerprint density at radius 2 is 1.90 bits per heavy atom. The molecule has 30 heavy (non-hydrogen) atoms. The highest BCUT2D eigenvalue weighted by Crippen LogP contribution is 2.39. The second-order valence-electron chi connectivity index (χ2n) is 7.99. The third kappa shape index (κ3) is 4.21. The monoisotopic (exact) mass is 440 g/mol. The van der Waals surface area contributed by atoms with E-state index >= 15 is 0 Å². The third-order valence-electron chi connectivity index (χ3n) is 5.97. The number of anilines is 1. The molecule has 2 aliphatic rings. The maximum absolute atomic E-state index is 5.52. The maximum atomic E-state index is 5.52. The average molecular weight is 441 g/mol. The lowest BCUT2D eigenvalue weighted by Gasteiger charge is -2.30. The van der Waals surface area contributed by atoms with Crippen LogP contribution in [-0.4, -0.2) is 65.3 Å². The van der Waals surface area contributed by atoms with Crippen molar-refractivity contribution in [2.45, 2.75) is 25.9 Å². The molecule has 2 aromatic heterocycles. The Balaban J connectivity index is 1.61. The molecule has 2 aliphatic heterocycles. The molecule has 0 N–H and O–H groups in total. The highest BCUT2D eigenvalue weighted by atomic mass is 32.2. The van der Waals surface area contributed by atoms with Gasteiger partial charge < -0.3 is 9.64 Å². The van der Waals surface area contributed by atoms with Crippen LogP contribution >= 0.6 is 23.1 Å². The Bertz CT molecular complexity index is 988. The lowest BCUT2D eigenvalue weighted by atomic mass is 10.1. The van der Waals surface area contributed by atoms with E-state index in [9.17, 15) is 0 Å². The predicted molar refractivity (Wildman–Crippen MR) is 128 cm³/mol. The quantitative estimate of drug-likeness (QED) is 0.594. The van der Waals surface area contributed by atoms with Gasteiger partial charge in [0.05, 0.1) is 25.1 Å². The number of benzene rings is 1. The molecule has 5 rings (SSSR count). The minimum atomic E-state index is 0.484. The van der Waals surface area contributed by atoms with E-state index in [2.05, 4.69) is 64.2 Å². The summed E-state index contributed by atoms with van der Waals surface area (Å²) in [6.45, 7) is 7.68. The van der Waals surface area contributed by atoms with Crippen molar-refractivity contribution >= 4 is 39.1 Å². The molecular weight excluding hydrogens is 412 g/mol. The molecule has 1 aromatic carbocycles. The zero-order valence-electron chi connectivity index (χ0n) is 17.4. The molecule has 3 aromatic rings. The molecule has 0 bridgehead atoms. The smallest absolute Gasteiger partial charge is 0.146 e. The number of aromatic nitrogens is 2. The molecule has 158 valence electrons. The predicted octanol–water partition coefficient (Wildman–Crippen LogP) is 4.52. The lowest BCUT2D eigenvalue weighted by molar-refractivity contribution is 0.0331. The molecule has 2 fully saturated rings. The minimum absolute atomic E-state index is 0.484. The van der Waals surface area contributed by atoms with Crippen LogP contribution in [0.3, 0.4) is 0 Å². The topological polar surface area (TPSA) is 41.5 Å². The average Bonchev–Trinajstić information content (AvgIpc) is 3.09. The van der Waals surface area contributed by atoms with E-state index in [1.54, 1.807) is 11.3 Å². The molecule has 0 saturated carbocycles. The Kier molecular flexibility index (Phi) is 6.22. The van der Waals surface area contributed by atoms with Crippen LogP contribution in [0.25, 0.3) is 21.3 Å². The summed E-state index contributed by atoms with van der Waals surface area (Å²) in [5.74, 6) is 4.43. The van der Waals surface area contributed by atoms with Crippen molar-refractivity contribution in [3.63, 3.8) is 0 Å². The fraction of sp³-hybridized carbons (Fsp3) is 0.478. The number of thiophene rings is 1. The SMILES string of the molecule is CC1CCSCCN1c1nc(CN2CCOCC2)nc2scc(-c3ccccc3)c12. The van der Waals surface area contributed by atoms with Crippen LogP contribution in [0.15, 0.2) is 35.7 Å². The van der Waals surface area contributed by atoms with Gasteiger partial charge in [-0.2, -0.15) is 11.8 Å². The van der Waals surface area contributed by atoms with Crippen molar-refractivity contribution in [2.24, 2.45) is 0 Å². The van der Waals surface area contributed by atoms with Gasteiger partial charge in [0.25, 0.3) is 0 Å². The van der Waals surface area contributed by atoms with Crippen LogP contribution in [0.5, 0.6) is 0 Å². The molecule has 4 heterocycles. The Morgan fingerprint density at radius 3 is 2.73 bits per heavy atom. The van der Waals surface area contributed by atoms with Gasteiger partial charge in [0.15, 0.2) is 0 Å². The molecule has 0 radical (unpaired) electrons. The van der Waals surface area contributed by atoms with E-state index in [4.69, 9.17) is 14.7 Å². The van der Waals surface area contributed by atoms with E-state index < -0.39 is 0 Å². The first-order valence-corrected chi connectivity index (χ1v) is 12.8. The van der Waals surface area contributed by atoms with Gasteiger partial charge in [0.2, 0.25) is 0 Å². The summed E-state index contributed by atoms with van der Waals surface area (Å²) < 4.78 is 5.52. The summed E-state index contributed by atoms with van der Waals surface area (Å²) in [5.41, 5.74) is 2.50. The Hall–Kier alpha value is -1.67. The summed E-state index contributed by atoms with van der Waals surface area (Å²) >= 11 is 3.80. The van der Waals surface area contributed by atoms with E-state index in [0.717, 1.165) is 61.6 Å². The summed E-state index contributed by atoms with van der Waals surface area (Å²) in [5, 5.41) is 3.48. The highest BCUT2D eigenvalue weighted by molar-refractivity contribution is 7.99. The van der Waals surface area contributed by atoms with Gasteiger partial charge in [0, 0.05) is 42.4 Å². The first-order chi connectivity index (χ1) is 14.8. The second-order valence-corrected chi connectivity index (χ2v) is 10.1. The molecule has 1 unspecified atom stereocenters. The fourth-order valence-electron chi connectivity index (χ4n) is 4.24. The van der Waals surface area contributed by atoms with Gasteiger partial charge >= 0.3 is 0 Å². The number of hydrogen-bond donors (Lipinski definition) is 0. The van der Waals surface area contributed by atoms with Crippen molar-refractivity contribution in [1.82, 2.24) is 14.9 Å². The van der Waals surface area contributed by atoms with Crippen LogP contribution in [0.1, 0.15) is 19.2 Å². The number of hydrogen-bond acceptors (Lipinski definition) is 7. The third-order valence-corrected chi connectivity index (χ3v) is 7.84. The normalized spacial score (nSPS) is 21.1. The molecule has 1 atom stereocenters. The second kappa shape index (κ2) is 9.22. The first kappa shape index (κ1) is 20.2. The van der Waals surface area contributed by atoms with Crippen LogP contribution < -0.4 is 4.90 Å². The summed E-state index contributed by atoms with van der Waals surface area (Å²) in [4.78, 5) is 16.3. The van der Waals surface area contributed by atoms with Crippen LogP contribution in [0, 0.1) is 0 Å². The molecule has 5 nitrogen and oxygen atoms in total. The Morgan fingerprint density at radius 1 is 1.07 bits per heavy atom. The highest BCUT2D eigenvalue weighted by Gasteiger charge is 2.25. The van der Waals surface area contributed by atoms with Crippen molar-refractivity contribution < 1.29 is 4.74 Å². The van der Waals surface area contributed by atoms with Gasteiger partial charge in [0.1, 0.15) is 16.5 Å². The number of morpholine rings is 1. The number of rotatable bonds is 4. The van der Waals surface area contributed by atoms with E-state index in [1.165, 1.54) is 28.7 Å². The fourth-order valence-corrected chi connectivity index (χ4v) is 6.24. The zero-order chi connectivity index (χ0) is 20.3. The van der Waals surface area contributed by atoms with Gasteiger partial charge in [-0.15, -0.1) is 11.3 Å². The summed E-state index contributed by atoms with van der Waals surface area (Å²) in [6.07, 6.45) is 1.19. The number of fused-ring (bicyclic) bond motifs is 1. The number of ether oxygens (including phenoxy) is 1. The van der Waals surface area contributed by atoms with Crippen LogP contribution in [0.4, 0.5) is 5.82 Å². The van der Waals surface area contributed by atoms with Crippen molar-refractivity contribution in [2.75, 3.05) is 49.3 Å². The molecule has 0 amide bonds. The van der Waals surface area contributed by atoms with E-state index in [0.29, 0.717) is 6.04 Å².